The van der Waals surface area contributed by atoms with Crippen molar-refractivity contribution in [3.05, 3.63) is 75.1 Å². The van der Waals surface area contributed by atoms with E-state index >= 15 is 0 Å². The molecule has 0 aliphatic heterocycles. The van der Waals surface area contributed by atoms with E-state index in [-0.39, 0.29) is 5.69 Å². The molecule has 7 nitrogen and oxygen atoms in total. The van der Waals surface area contributed by atoms with Crippen molar-refractivity contribution in [1.82, 2.24) is 0 Å². The van der Waals surface area contributed by atoms with Crippen LogP contribution < -0.4 is 5.32 Å². The highest BCUT2D eigenvalue weighted by Crippen LogP contribution is 2.24. The van der Waals surface area contributed by atoms with Gasteiger partial charge in [0, 0.05) is 11.1 Å². The molecule has 134 valence electrons. The maximum absolute atomic E-state index is 13.0. The second-order valence-corrected chi connectivity index (χ2v) is 5.40. The molecule has 0 unspecified atom stereocenters. The number of ether oxygens (including phenoxy) is 1. The number of nitro benzene ring substituents is 1. The fourth-order valence-electron chi connectivity index (χ4n) is 1.87. The highest BCUT2D eigenvalue weighted by molar-refractivity contribution is 6.30. The average Bonchev–Trinajstić information content (AvgIpc) is 2.61. The Morgan fingerprint density at radius 3 is 2.58 bits per heavy atom. The smallest absolute Gasteiger partial charge is 0.331 e. The number of carbonyl (C=O) groups is 2. The Morgan fingerprint density at radius 1 is 1.23 bits per heavy atom. The number of anilines is 1. The van der Waals surface area contributed by atoms with Gasteiger partial charge in [-0.15, -0.1) is 0 Å². The SMILES string of the molecule is O=C(COC(=O)/C=C/c1ccc(Cl)cc1)Nc1ccc(F)cc1[N+](=O)[O-]. The van der Waals surface area contributed by atoms with E-state index in [2.05, 4.69) is 5.32 Å². The summed E-state index contributed by atoms with van der Waals surface area (Å²) in [5.41, 5.74) is -0.0980. The first-order chi connectivity index (χ1) is 12.3. The van der Waals surface area contributed by atoms with Crippen molar-refractivity contribution in [3.8, 4) is 0 Å². The topological polar surface area (TPSA) is 98.5 Å². The van der Waals surface area contributed by atoms with Gasteiger partial charge in [-0.25, -0.2) is 9.18 Å². The third kappa shape index (κ3) is 5.67. The highest BCUT2D eigenvalue weighted by Gasteiger charge is 2.17. The van der Waals surface area contributed by atoms with Crippen LogP contribution in [0.5, 0.6) is 0 Å². The molecule has 0 aromatic heterocycles. The summed E-state index contributed by atoms with van der Waals surface area (Å²) < 4.78 is 17.8. The summed E-state index contributed by atoms with van der Waals surface area (Å²) in [5, 5.41) is 13.6. The molecule has 1 N–H and O–H groups in total. The Labute approximate surface area is 152 Å². The molecule has 0 saturated carbocycles. The number of esters is 1. The lowest BCUT2D eigenvalue weighted by molar-refractivity contribution is -0.384. The molecular weight excluding hydrogens is 367 g/mol. The summed E-state index contributed by atoms with van der Waals surface area (Å²) in [7, 11) is 0. The fourth-order valence-corrected chi connectivity index (χ4v) is 2.00. The van der Waals surface area contributed by atoms with Gasteiger partial charge < -0.3 is 10.1 Å². The van der Waals surface area contributed by atoms with E-state index in [1.807, 2.05) is 0 Å². The lowest BCUT2D eigenvalue weighted by Gasteiger charge is -2.06. The summed E-state index contributed by atoms with van der Waals surface area (Å²) >= 11 is 5.74. The van der Waals surface area contributed by atoms with E-state index < -0.39 is 34.9 Å². The summed E-state index contributed by atoms with van der Waals surface area (Å²) in [6.45, 7) is -0.654. The number of nitrogens with one attached hydrogen (secondary N) is 1. The van der Waals surface area contributed by atoms with Crippen LogP contribution >= 0.6 is 11.6 Å². The van der Waals surface area contributed by atoms with E-state index in [1.54, 1.807) is 24.3 Å². The molecule has 0 fully saturated rings. The molecule has 0 saturated heterocycles. The molecule has 2 rings (SSSR count). The summed E-state index contributed by atoms with van der Waals surface area (Å²) in [6, 6.07) is 9.36. The Bertz CT molecular complexity index is 868. The van der Waals surface area contributed by atoms with Gasteiger partial charge >= 0.3 is 5.97 Å². The van der Waals surface area contributed by atoms with E-state index in [4.69, 9.17) is 16.3 Å². The Balaban J connectivity index is 1.89. The second-order valence-electron chi connectivity index (χ2n) is 4.96. The third-order valence-electron chi connectivity index (χ3n) is 3.06. The van der Waals surface area contributed by atoms with Gasteiger partial charge in [-0.1, -0.05) is 23.7 Å². The van der Waals surface area contributed by atoms with Gasteiger partial charge in [0.2, 0.25) is 0 Å². The molecule has 0 spiro atoms. The van der Waals surface area contributed by atoms with Gasteiger partial charge in [0.25, 0.3) is 11.6 Å². The van der Waals surface area contributed by atoms with Gasteiger partial charge in [0.05, 0.1) is 11.0 Å². The normalized spacial score (nSPS) is 10.5. The van der Waals surface area contributed by atoms with Crippen molar-refractivity contribution >= 4 is 40.9 Å². The number of hydrogen-bond donors (Lipinski definition) is 1. The number of hydrogen-bond acceptors (Lipinski definition) is 5. The van der Waals surface area contributed by atoms with E-state index in [9.17, 15) is 24.1 Å². The molecule has 26 heavy (non-hydrogen) atoms. The van der Waals surface area contributed by atoms with Crippen LogP contribution in [0.25, 0.3) is 6.08 Å². The Hall–Kier alpha value is -3.26. The number of halogens is 2. The number of carbonyl (C=O) groups excluding carboxylic acids is 2. The molecule has 9 heteroatoms. The first-order valence-electron chi connectivity index (χ1n) is 7.19. The van der Waals surface area contributed by atoms with E-state index in [0.29, 0.717) is 16.7 Å². The van der Waals surface area contributed by atoms with Crippen LogP contribution in [0.2, 0.25) is 5.02 Å². The van der Waals surface area contributed by atoms with Crippen molar-refractivity contribution in [2.75, 3.05) is 11.9 Å². The van der Waals surface area contributed by atoms with Crippen molar-refractivity contribution < 1.29 is 23.6 Å². The molecule has 0 bridgehead atoms. The van der Waals surface area contributed by atoms with Crippen molar-refractivity contribution in [2.45, 2.75) is 0 Å². The van der Waals surface area contributed by atoms with Crippen molar-refractivity contribution in [3.63, 3.8) is 0 Å². The molecule has 0 atom stereocenters. The minimum atomic E-state index is -0.834. The average molecular weight is 379 g/mol. The van der Waals surface area contributed by atoms with E-state index in [0.717, 1.165) is 18.2 Å². The standard InChI is InChI=1S/C17H12ClFN2O5/c18-12-4-1-11(2-5-12)3-8-17(23)26-10-16(22)20-14-7-6-13(19)9-15(14)21(24)25/h1-9H,10H2,(H,20,22)/b8-3+. The molecule has 2 aromatic rings. The van der Waals surface area contributed by atoms with Crippen LogP contribution in [-0.4, -0.2) is 23.4 Å². The first kappa shape index (κ1) is 19.1. The zero-order valence-corrected chi connectivity index (χ0v) is 13.9. The zero-order chi connectivity index (χ0) is 19.1. The fraction of sp³-hybridized carbons (Fsp3) is 0.0588. The zero-order valence-electron chi connectivity index (χ0n) is 13.1. The number of rotatable bonds is 6. The quantitative estimate of drug-likeness (QED) is 0.358. The maximum atomic E-state index is 13.0. The number of nitrogens with zero attached hydrogens (tertiary/aromatic N) is 1. The molecule has 1 amide bonds. The number of amides is 1. The molecule has 0 aliphatic rings. The summed E-state index contributed by atoms with van der Waals surface area (Å²) in [6.07, 6.45) is 2.60. The van der Waals surface area contributed by atoms with Gasteiger partial charge in [0.15, 0.2) is 6.61 Å². The minimum absolute atomic E-state index is 0.200. The summed E-state index contributed by atoms with van der Waals surface area (Å²) in [4.78, 5) is 33.3. The predicted molar refractivity (Wildman–Crippen MR) is 93.1 cm³/mol. The van der Waals surface area contributed by atoms with Crippen molar-refractivity contribution in [2.24, 2.45) is 0 Å². The second kappa shape index (κ2) is 8.72. The lowest BCUT2D eigenvalue weighted by Crippen LogP contribution is -2.20. The molecule has 0 radical (unpaired) electrons. The highest BCUT2D eigenvalue weighted by atomic mass is 35.5. The first-order valence-corrected chi connectivity index (χ1v) is 7.57. The number of benzene rings is 2. The van der Waals surface area contributed by atoms with Gasteiger partial charge in [0.1, 0.15) is 11.5 Å². The van der Waals surface area contributed by atoms with E-state index in [1.165, 1.54) is 6.08 Å². The van der Waals surface area contributed by atoms with Crippen LogP contribution in [0, 0.1) is 15.9 Å². The van der Waals surface area contributed by atoms with Gasteiger partial charge in [-0.2, -0.15) is 0 Å². The minimum Gasteiger partial charge on any atom is -0.452 e. The molecule has 0 aliphatic carbocycles. The largest absolute Gasteiger partial charge is 0.452 e. The third-order valence-corrected chi connectivity index (χ3v) is 3.31. The van der Waals surface area contributed by atoms with Crippen LogP contribution in [0.1, 0.15) is 5.56 Å². The molecule has 0 heterocycles. The van der Waals surface area contributed by atoms with Crippen LogP contribution in [0.15, 0.2) is 48.5 Å². The van der Waals surface area contributed by atoms with Gasteiger partial charge in [-0.05, 0) is 35.9 Å². The molecule has 2 aromatic carbocycles. The number of nitro groups is 1. The Morgan fingerprint density at radius 2 is 1.92 bits per heavy atom. The van der Waals surface area contributed by atoms with Crippen LogP contribution in [0.3, 0.4) is 0 Å². The van der Waals surface area contributed by atoms with Gasteiger partial charge in [-0.3, -0.25) is 14.9 Å². The molecular formula is C17H12ClFN2O5. The lowest BCUT2D eigenvalue weighted by atomic mass is 10.2. The van der Waals surface area contributed by atoms with Crippen LogP contribution in [0.4, 0.5) is 15.8 Å². The monoisotopic (exact) mass is 378 g/mol. The van der Waals surface area contributed by atoms with Crippen LogP contribution in [-0.2, 0) is 14.3 Å². The Kier molecular flexibility index (Phi) is 6.40. The summed E-state index contributed by atoms with van der Waals surface area (Å²) in [5.74, 6) is -2.38. The van der Waals surface area contributed by atoms with Crippen molar-refractivity contribution in [1.29, 1.82) is 0 Å². The maximum Gasteiger partial charge on any atom is 0.331 e. The predicted octanol–water partition coefficient (Wildman–Crippen LogP) is 3.58.